The Balaban J connectivity index is 3.29. The van der Waals surface area contributed by atoms with Crippen LogP contribution < -0.4 is 0 Å². The maximum Gasteiger partial charge on any atom is 0.305 e. The van der Waals surface area contributed by atoms with E-state index in [0.29, 0.717) is 25.9 Å². The highest BCUT2D eigenvalue weighted by molar-refractivity contribution is 6.44. The summed E-state index contributed by atoms with van der Waals surface area (Å²) >= 11 is 10.9. The SMILES string of the molecule is CCCCCCCCCCCOC(=O)CCCCC(=O)OCC(Cl)Cl. The minimum Gasteiger partial charge on any atom is -0.466 e. The van der Waals surface area contributed by atoms with Gasteiger partial charge in [0.15, 0.2) is 0 Å². The lowest BCUT2D eigenvalue weighted by atomic mass is 10.1. The molecule has 0 spiro atoms. The molecule has 0 aromatic rings. The minimum absolute atomic E-state index is 0.00270. The summed E-state index contributed by atoms with van der Waals surface area (Å²) in [7, 11) is 0. The third kappa shape index (κ3) is 19.7. The quantitative estimate of drug-likeness (QED) is 0.172. The summed E-state index contributed by atoms with van der Waals surface area (Å²) in [4.78, 5) is 22.2. The first kappa shape index (κ1) is 24.5. The Morgan fingerprint density at radius 2 is 1.20 bits per heavy atom. The van der Waals surface area contributed by atoms with Crippen LogP contribution in [0.25, 0.3) is 0 Å². The van der Waals surface area contributed by atoms with Gasteiger partial charge in [-0.1, -0.05) is 58.3 Å². The van der Waals surface area contributed by atoms with Crippen LogP contribution in [0.3, 0.4) is 0 Å². The van der Waals surface area contributed by atoms with Gasteiger partial charge < -0.3 is 9.47 Å². The molecule has 0 amide bonds. The molecule has 0 aliphatic rings. The zero-order chi connectivity index (χ0) is 18.8. The molecule has 0 saturated heterocycles. The Morgan fingerprint density at radius 1 is 0.720 bits per heavy atom. The molecule has 25 heavy (non-hydrogen) atoms. The third-order valence-electron chi connectivity index (χ3n) is 3.89. The van der Waals surface area contributed by atoms with Gasteiger partial charge in [0.2, 0.25) is 0 Å². The van der Waals surface area contributed by atoms with Crippen molar-refractivity contribution in [3.05, 3.63) is 0 Å². The number of alkyl halides is 2. The second-order valence-corrected chi connectivity index (χ2v) is 7.61. The number of ether oxygens (including phenoxy) is 2. The topological polar surface area (TPSA) is 52.6 Å². The van der Waals surface area contributed by atoms with E-state index < -0.39 is 4.84 Å². The fourth-order valence-corrected chi connectivity index (χ4v) is 2.56. The molecule has 0 aliphatic carbocycles. The number of halogens is 2. The largest absolute Gasteiger partial charge is 0.466 e. The molecule has 0 aromatic carbocycles. The second kappa shape index (κ2) is 18.3. The predicted molar refractivity (Wildman–Crippen MR) is 103 cm³/mol. The van der Waals surface area contributed by atoms with E-state index in [2.05, 4.69) is 6.92 Å². The lowest BCUT2D eigenvalue weighted by Crippen LogP contribution is -2.10. The normalized spacial score (nSPS) is 10.9. The van der Waals surface area contributed by atoms with Crippen molar-refractivity contribution in [1.29, 1.82) is 0 Å². The molecule has 0 aliphatic heterocycles. The maximum absolute atomic E-state index is 11.6. The molecule has 0 atom stereocenters. The molecule has 4 nitrogen and oxygen atoms in total. The van der Waals surface area contributed by atoms with E-state index in [9.17, 15) is 9.59 Å². The smallest absolute Gasteiger partial charge is 0.305 e. The van der Waals surface area contributed by atoms with E-state index in [0.717, 1.165) is 12.8 Å². The van der Waals surface area contributed by atoms with Crippen molar-refractivity contribution in [2.24, 2.45) is 0 Å². The van der Waals surface area contributed by atoms with Crippen molar-refractivity contribution in [3.63, 3.8) is 0 Å². The van der Waals surface area contributed by atoms with Gasteiger partial charge in [0.05, 0.1) is 6.61 Å². The van der Waals surface area contributed by atoms with Crippen molar-refractivity contribution in [2.45, 2.75) is 95.2 Å². The van der Waals surface area contributed by atoms with Crippen LogP contribution in [0.15, 0.2) is 0 Å². The van der Waals surface area contributed by atoms with Crippen molar-refractivity contribution in [3.8, 4) is 0 Å². The van der Waals surface area contributed by atoms with Gasteiger partial charge in [0, 0.05) is 12.8 Å². The van der Waals surface area contributed by atoms with Gasteiger partial charge in [-0.2, -0.15) is 0 Å². The number of carbonyl (C=O) groups is 2. The molecule has 0 heterocycles. The number of hydrogen-bond acceptors (Lipinski definition) is 4. The van der Waals surface area contributed by atoms with Gasteiger partial charge in [0.1, 0.15) is 11.4 Å². The van der Waals surface area contributed by atoms with Crippen LogP contribution in [-0.2, 0) is 19.1 Å². The summed E-state index contributed by atoms with van der Waals surface area (Å²) in [5, 5.41) is 0. The summed E-state index contributed by atoms with van der Waals surface area (Å²) in [5.41, 5.74) is 0. The Hall–Kier alpha value is -0.480. The first-order valence-corrected chi connectivity index (χ1v) is 10.5. The van der Waals surface area contributed by atoms with Gasteiger partial charge in [-0.25, -0.2) is 0 Å². The van der Waals surface area contributed by atoms with Crippen LogP contribution in [0.1, 0.15) is 90.4 Å². The van der Waals surface area contributed by atoms with Gasteiger partial charge >= 0.3 is 11.9 Å². The highest BCUT2D eigenvalue weighted by atomic mass is 35.5. The Labute approximate surface area is 162 Å². The molecular weight excluding hydrogens is 363 g/mol. The molecule has 0 N–H and O–H groups in total. The Morgan fingerprint density at radius 3 is 1.72 bits per heavy atom. The Bertz CT molecular complexity index is 335. The minimum atomic E-state index is -0.694. The summed E-state index contributed by atoms with van der Waals surface area (Å²) in [6.45, 7) is 2.74. The highest BCUT2D eigenvalue weighted by Crippen LogP contribution is 2.10. The molecule has 0 unspecified atom stereocenters. The predicted octanol–water partition coefficient (Wildman–Crippen LogP) is 5.97. The van der Waals surface area contributed by atoms with Crippen LogP contribution in [0.2, 0.25) is 0 Å². The Kier molecular flexibility index (Phi) is 18.0. The fraction of sp³-hybridized carbons (Fsp3) is 0.895. The van der Waals surface area contributed by atoms with E-state index in [1.165, 1.54) is 44.9 Å². The summed E-state index contributed by atoms with van der Waals surface area (Å²) in [6, 6.07) is 0. The summed E-state index contributed by atoms with van der Waals surface area (Å²) in [6.07, 6.45) is 13.0. The average molecular weight is 397 g/mol. The van der Waals surface area contributed by atoms with E-state index in [1.54, 1.807) is 0 Å². The van der Waals surface area contributed by atoms with E-state index >= 15 is 0 Å². The van der Waals surface area contributed by atoms with Gasteiger partial charge in [-0.05, 0) is 19.3 Å². The van der Waals surface area contributed by atoms with E-state index in [-0.39, 0.29) is 25.0 Å². The molecule has 0 radical (unpaired) electrons. The number of carbonyl (C=O) groups excluding carboxylic acids is 2. The third-order valence-corrected chi connectivity index (χ3v) is 4.15. The van der Waals surface area contributed by atoms with Crippen LogP contribution in [0, 0.1) is 0 Å². The number of hydrogen-bond donors (Lipinski definition) is 0. The van der Waals surface area contributed by atoms with Gasteiger partial charge in [0.25, 0.3) is 0 Å². The first-order valence-electron chi connectivity index (χ1n) is 9.65. The molecule has 0 bridgehead atoms. The van der Waals surface area contributed by atoms with Crippen LogP contribution in [0.4, 0.5) is 0 Å². The zero-order valence-corrected chi connectivity index (χ0v) is 17.1. The molecule has 0 aromatic heterocycles. The highest BCUT2D eigenvalue weighted by Gasteiger charge is 2.08. The molecule has 0 saturated carbocycles. The van der Waals surface area contributed by atoms with E-state index in [4.69, 9.17) is 32.7 Å². The lowest BCUT2D eigenvalue weighted by molar-refractivity contribution is -0.145. The van der Waals surface area contributed by atoms with Crippen molar-refractivity contribution in [1.82, 2.24) is 0 Å². The van der Waals surface area contributed by atoms with Crippen molar-refractivity contribution >= 4 is 35.1 Å². The number of unbranched alkanes of at least 4 members (excludes halogenated alkanes) is 9. The monoisotopic (exact) mass is 396 g/mol. The van der Waals surface area contributed by atoms with Crippen LogP contribution >= 0.6 is 23.2 Å². The molecule has 6 heteroatoms. The van der Waals surface area contributed by atoms with Crippen LogP contribution in [0.5, 0.6) is 0 Å². The van der Waals surface area contributed by atoms with Crippen molar-refractivity contribution < 1.29 is 19.1 Å². The van der Waals surface area contributed by atoms with E-state index in [1.807, 2.05) is 0 Å². The summed E-state index contributed by atoms with van der Waals surface area (Å²) in [5.74, 6) is -0.524. The lowest BCUT2D eigenvalue weighted by Gasteiger charge is -2.06. The van der Waals surface area contributed by atoms with Gasteiger partial charge in [-0.3, -0.25) is 9.59 Å². The van der Waals surface area contributed by atoms with Gasteiger partial charge in [-0.15, -0.1) is 23.2 Å². The fourth-order valence-electron chi connectivity index (χ4n) is 2.44. The maximum atomic E-state index is 11.6. The van der Waals surface area contributed by atoms with Crippen LogP contribution in [-0.4, -0.2) is 30.0 Å². The molecule has 0 fully saturated rings. The molecule has 0 rings (SSSR count). The molecular formula is C19H34Cl2O4. The second-order valence-electron chi connectivity index (χ2n) is 6.33. The first-order chi connectivity index (χ1) is 12.1. The average Bonchev–Trinajstić information content (AvgIpc) is 2.58. The van der Waals surface area contributed by atoms with Crippen molar-refractivity contribution in [2.75, 3.05) is 13.2 Å². The number of rotatable bonds is 17. The molecule has 148 valence electrons. The zero-order valence-electron chi connectivity index (χ0n) is 15.6. The number of esters is 2. The standard InChI is InChI=1S/C19H34Cl2O4/c1-2-3-4-5-6-7-8-9-12-15-24-18(22)13-10-11-14-19(23)25-16-17(20)21/h17H,2-16H2,1H3. The summed E-state index contributed by atoms with van der Waals surface area (Å²) < 4.78 is 10.0.